The average molecular weight is 268 g/mol. The number of thiol groups is 1. The summed E-state index contributed by atoms with van der Waals surface area (Å²) in [6, 6.07) is 17.1. The largest absolute Gasteiger partial charge is 0.317 e. The van der Waals surface area contributed by atoms with E-state index in [-0.39, 0.29) is 5.24 Å². The first-order chi connectivity index (χ1) is 9.19. The Bertz CT molecular complexity index is 629. The minimum Gasteiger partial charge on any atom is -0.317 e. The summed E-state index contributed by atoms with van der Waals surface area (Å²) in [5, 5.41) is 11.1. The van der Waals surface area contributed by atoms with Gasteiger partial charge in [-0.15, -0.1) is 0 Å². The zero-order valence-electron chi connectivity index (χ0n) is 10.1. The smallest absolute Gasteiger partial charge is 0.280 e. The van der Waals surface area contributed by atoms with Crippen LogP contribution >= 0.6 is 12.6 Å². The van der Waals surface area contributed by atoms with E-state index in [4.69, 9.17) is 5.26 Å². The molecular formula is C15H12N2OS. The summed E-state index contributed by atoms with van der Waals surface area (Å²) in [4.78, 5) is 11.0. The van der Waals surface area contributed by atoms with Gasteiger partial charge in [0.2, 0.25) is 0 Å². The second-order valence-electron chi connectivity index (χ2n) is 4.07. The van der Waals surface area contributed by atoms with Crippen molar-refractivity contribution < 1.29 is 4.79 Å². The van der Waals surface area contributed by atoms with Crippen LogP contribution in [0.4, 0.5) is 10.5 Å². The molecule has 0 aliphatic carbocycles. The van der Waals surface area contributed by atoms with Gasteiger partial charge in [0.25, 0.3) is 5.24 Å². The summed E-state index contributed by atoms with van der Waals surface area (Å²) in [5.41, 5.74) is 3.49. The molecule has 94 valence electrons. The second kappa shape index (κ2) is 6.07. The summed E-state index contributed by atoms with van der Waals surface area (Å²) in [7, 11) is 0. The fourth-order valence-corrected chi connectivity index (χ4v) is 1.95. The molecule has 4 heteroatoms. The number of amides is 1. The molecule has 2 aromatic rings. The Balaban J connectivity index is 2.22. The normalized spacial score (nSPS) is 9.68. The number of hydrogen-bond donors (Lipinski definition) is 2. The van der Waals surface area contributed by atoms with Gasteiger partial charge in [-0.25, -0.2) is 0 Å². The lowest BCUT2D eigenvalue weighted by Crippen LogP contribution is -2.04. The third-order valence-electron chi connectivity index (χ3n) is 2.74. The van der Waals surface area contributed by atoms with Crippen molar-refractivity contribution in [1.29, 1.82) is 5.26 Å². The van der Waals surface area contributed by atoms with Crippen LogP contribution in [0.5, 0.6) is 0 Å². The van der Waals surface area contributed by atoms with E-state index in [2.05, 4.69) is 24.0 Å². The fourth-order valence-electron chi connectivity index (χ4n) is 1.83. The van der Waals surface area contributed by atoms with Gasteiger partial charge in [-0.05, 0) is 35.7 Å². The minimum atomic E-state index is -0.382. The molecule has 0 spiro atoms. The Kier molecular flexibility index (Phi) is 4.22. The lowest BCUT2D eigenvalue weighted by atomic mass is 10.0. The van der Waals surface area contributed by atoms with Gasteiger partial charge >= 0.3 is 0 Å². The molecule has 3 nitrogen and oxygen atoms in total. The number of nitriles is 1. The first kappa shape index (κ1) is 13.2. The van der Waals surface area contributed by atoms with Crippen molar-refractivity contribution in [2.45, 2.75) is 6.42 Å². The summed E-state index contributed by atoms with van der Waals surface area (Å²) >= 11 is 3.72. The van der Waals surface area contributed by atoms with Gasteiger partial charge in [0.15, 0.2) is 0 Å². The van der Waals surface area contributed by atoms with Gasteiger partial charge in [0.1, 0.15) is 0 Å². The standard InChI is InChI=1S/C15H12N2OS/c16-10-12-7-5-11(6-8-12)9-13-3-1-2-4-14(13)17-15(18)19/h1-8H,9H2,(H2,17,18,19). The first-order valence-electron chi connectivity index (χ1n) is 5.76. The van der Waals surface area contributed by atoms with Crippen LogP contribution in [-0.4, -0.2) is 5.24 Å². The molecular weight excluding hydrogens is 256 g/mol. The summed E-state index contributed by atoms with van der Waals surface area (Å²) < 4.78 is 0. The average Bonchev–Trinajstić information content (AvgIpc) is 2.41. The number of nitrogens with zero attached hydrogens (tertiary/aromatic N) is 1. The Hall–Kier alpha value is -2.25. The lowest BCUT2D eigenvalue weighted by molar-refractivity contribution is 0.270. The molecule has 0 saturated heterocycles. The number of hydrogen-bond acceptors (Lipinski definition) is 2. The van der Waals surface area contributed by atoms with Crippen molar-refractivity contribution in [2.24, 2.45) is 0 Å². The monoisotopic (exact) mass is 268 g/mol. The Morgan fingerprint density at radius 2 is 1.84 bits per heavy atom. The fraction of sp³-hybridized carbons (Fsp3) is 0.0667. The number of benzene rings is 2. The van der Waals surface area contributed by atoms with Crippen LogP contribution in [0.2, 0.25) is 0 Å². The summed E-state index contributed by atoms with van der Waals surface area (Å²) in [6.45, 7) is 0. The molecule has 0 aromatic heterocycles. The highest BCUT2D eigenvalue weighted by atomic mass is 32.1. The molecule has 19 heavy (non-hydrogen) atoms. The molecule has 2 aromatic carbocycles. The maximum Gasteiger partial charge on any atom is 0.280 e. The lowest BCUT2D eigenvalue weighted by Gasteiger charge is -2.09. The number of carbonyl (C=O) groups is 1. The Labute approximate surface area is 117 Å². The molecule has 1 amide bonds. The number of carbonyl (C=O) groups excluding carboxylic acids is 1. The van der Waals surface area contributed by atoms with Crippen molar-refractivity contribution >= 4 is 23.6 Å². The zero-order valence-corrected chi connectivity index (χ0v) is 11.0. The molecule has 0 unspecified atom stereocenters. The Morgan fingerprint density at radius 1 is 1.16 bits per heavy atom. The van der Waals surface area contributed by atoms with Crippen molar-refractivity contribution in [3.63, 3.8) is 0 Å². The van der Waals surface area contributed by atoms with E-state index in [0.29, 0.717) is 12.0 Å². The molecule has 0 aliphatic rings. The van der Waals surface area contributed by atoms with Gasteiger partial charge in [0.05, 0.1) is 11.6 Å². The number of para-hydroxylation sites is 1. The second-order valence-corrected chi connectivity index (χ2v) is 4.48. The molecule has 2 rings (SSSR count). The van der Waals surface area contributed by atoms with Crippen molar-refractivity contribution in [2.75, 3.05) is 5.32 Å². The van der Waals surface area contributed by atoms with E-state index in [1.807, 2.05) is 36.4 Å². The van der Waals surface area contributed by atoms with Crippen LogP contribution in [0.15, 0.2) is 48.5 Å². The van der Waals surface area contributed by atoms with Crippen LogP contribution in [0.1, 0.15) is 16.7 Å². The molecule has 0 atom stereocenters. The van der Waals surface area contributed by atoms with E-state index in [1.54, 1.807) is 12.1 Å². The van der Waals surface area contributed by atoms with Crippen molar-refractivity contribution in [3.8, 4) is 6.07 Å². The third-order valence-corrected chi connectivity index (χ3v) is 2.85. The molecule has 0 saturated carbocycles. The molecule has 0 bridgehead atoms. The predicted octanol–water partition coefficient (Wildman–Crippen LogP) is 3.61. The van der Waals surface area contributed by atoms with Gasteiger partial charge in [-0.3, -0.25) is 4.79 Å². The highest BCUT2D eigenvalue weighted by Gasteiger charge is 2.04. The van der Waals surface area contributed by atoms with Gasteiger partial charge < -0.3 is 5.32 Å². The highest BCUT2D eigenvalue weighted by molar-refractivity contribution is 7.96. The molecule has 1 N–H and O–H groups in total. The molecule has 0 heterocycles. The van der Waals surface area contributed by atoms with E-state index in [1.165, 1.54) is 0 Å². The maximum absolute atomic E-state index is 11.0. The van der Waals surface area contributed by atoms with E-state index in [0.717, 1.165) is 16.8 Å². The SMILES string of the molecule is N#Cc1ccc(Cc2ccccc2NC(=O)S)cc1. The van der Waals surface area contributed by atoms with Crippen molar-refractivity contribution in [1.82, 2.24) is 0 Å². The topological polar surface area (TPSA) is 52.9 Å². The highest BCUT2D eigenvalue weighted by Crippen LogP contribution is 2.19. The number of rotatable bonds is 3. The predicted molar refractivity (Wildman–Crippen MR) is 78.4 cm³/mol. The van der Waals surface area contributed by atoms with Crippen LogP contribution in [0.25, 0.3) is 0 Å². The molecule has 0 radical (unpaired) electrons. The van der Waals surface area contributed by atoms with Gasteiger partial charge in [0, 0.05) is 5.69 Å². The quantitative estimate of drug-likeness (QED) is 0.835. The van der Waals surface area contributed by atoms with Crippen LogP contribution in [-0.2, 0) is 6.42 Å². The minimum absolute atomic E-state index is 0.382. The first-order valence-corrected chi connectivity index (χ1v) is 6.20. The Morgan fingerprint density at radius 3 is 2.47 bits per heavy atom. The van der Waals surface area contributed by atoms with E-state index < -0.39 is 0 Å². The van der Waals surface area contributed by atoms with Crippen LogP contribution in [0.3, 0.4) is 0 Å². The third kappa shape index (κ3) is 3.60. The van der Waals surface area contributed by atoms with Crippen LogP contribution < -0.4 is 5.32 Å². The van der Waals surface area contributed by atoms with Crippen molar-refractivity contribution in [3.05, 3.63) is 65.2 Å². The number of anilines is 1. The van der Waals surface area contributed by atoms with Gasteiger partial charge in [-0.2, -0.15) is 5.26 Å². The van der Waals surface area contributed by atoms with Crippen LogP contribution in [0, 0.1) is 11.3 Å². The van der Waals surface area contributed by atoms with E-state index in [9.17, 15) is 4.79 Å². The molecule has 0 aliphatic heterocycles. The summed E-state index contributed by atoms with van der Waals surface area (Å²) in [5.74, 6) is 0. The maximum atomic E-state index is 11.0. The summed E-state index contributed by atoms with van der Waals surface area (Å²) in [6.07, 6.45) is 0.690. The molecule has 0 fully saturated rings. The zero-order chi connectivity index (χ0) is 13.7. The number of nitrogens with one attached hydrogen (secondary N) is 1. The van der Waals surface area contributed by atoms with E-state index >= 15 is 0 Å². The van der Waals surface area contributed by atoms with Gasteiger partial charge in [-0.1, -0.05) is 43.0 Å².